The third-order valence-electron chi connectivity index (χ3n) is 6.14. The normalized spacial score (nSPS) is 20.2. The Kier molecular flexibility index (Phi) is 7.94. The topological polar surface area (TPSA) is 57.6 Å². The summed E-state index contributed by atoms with van der Waals surface area (Å²) >= 11 is 5.78. The van der Waals surface area contributed by atoms with E-state index in [2.05, 4.69) is 43.2 Å². The zero-order chi connectivity index (χ0) is 22.5. The van der Waals surface area contributed by atoms with E-state index in [1.54, 1.807) is 0 Å². The third kappa shape index (κ3) is 5.77. The molecule has 1 aromatic carbocycles. The fourth-order valence-electron chi connectivity index (χ4n) is 4.22. The van der Waals surface area contributed by atoms with E-state index in [9.17, 15) is 0 Å². The molecule has 0 saturated carbocycles. The quantitative estimate of drug-likeness (QED) is 0.415. The molecule has 2 fully saturated rings. The van der Waals surface area contributed by atoms with Crippen molar-refractivity contribution >= 4 is 28.7 Å². The number of amidine groups is 1. The Bertz CT molecular complexity index is 796. The van der Waals surface area contributed by atoms with Gasteiger partial charge < -0.3 is 15.5 Å². The second-order valence-corrected chi connectivity index (χ2v) is 9.74. The van der Waals surface area contributed by atoms with Crippen molar-refractivity contribution in [3.8, 4) is 0 Å². The largest absolute Gasteiger partial charge is 0.371 e. The van der Waals surface area contributed by atoms with Crippen LogP contribution in [0.1, 0.15) is 40.5 Å². The molecule has 0 radical (unpaired) electrons. The van der Waals surface area contributed by atoms with Crippen molar-refractivity contribution in [1.29, 1.82) is 5.41 Å². The molecular weight excluding hydrogens is 404 g/mol. The molecule has 0 aliphatic carbocycles. The summed E-state index contributed by atoms with van der Waals surface area (Å²) in [7, 11) is 1.95. The van der Waals surface area contributed by atoms with Crippen LogP contribution in [-0.4, -0.2) is 65.0 Å². The molecule has 0 bridgehead atoms. The molecule has 0 atom stereocenters. The number of para-hydroxylation sites is 1. The lowest BCUT2D eigenvalue weighted by Gasteiger charge is -2.35. The number of likely N-dealkylation sites (tertiary alicyclic amines) is 1. The molecule has 2 saturated heterocycles. The van der Waals surface area contributed by atoms with E-state index in [1.165, 1.54) is 12.8 Å². The molecule has 170 valence electrons. The van der Waals surface area contributed by atoms with E-state index in [0.29, 0.717) is 28.7 Å². The monoisotopic (exact) mass is 442 g/mol. The molecule has 31 heavy (non-hydrogen) atoms. The van der Waals surface area contributed by atoms with Crippen LogP contribution in [0.2, 0.25) is 0 Å². The minimum atomic E-state index is 0.439. The van der Waals surface area contributed by atoms with Gasteiger partial charge in [-0.05, 0) is 63.7 Å². The summed E-state index contributed by atoms with van der Waals surface area (Å²) in [5.74, 6) is 2.36. The molecular formula is C24H38N6S. The Hall–Kier alpha value is -2.12. The Morgan fingerprint density at radius 3 is 2.35 bits per heavy atom. The minimum Gasteiger partial charge on any atom is -0.371 e. The predicted octanol–water partition coefficient (Wildman–Crippen LogP) is 4.14. The van der Waals surface area contributed by atoms with E-state index < -0.39 is 0 Å². The molecule has 7 heteroatoms. The van der Waals surface area contributed by atoms with Gasteiger partial charge in [-0.2, -0.15) is 0 Å². The summed E-state index contributed by atoms with van der Waals surface area (Å²) in [6.07, 6.45) is 2.39. The van der Waals surface area contributed by atoms with Gasteiger partial charge in [0.15, 0.2) is 5.84 Å². The SMILES string of the molecule is CC(C)CN1C(=N)/C(=C(\NCC2CCN(C(C)C)CC2)Nc2ccccc2)C(=S)N1C. The number of rotatable bonds is 8. The van der Waals surface area contributed by atoms with Crippen LogP contribution in [0.25, 0.3) is 0 Å². The highest BCUT2D eigenvalue weighted by Crippen LogP contribution is 2.25. The summed E-state index contributed by atoms with van der Waals surface area (Å²) in [4.78, 5) is 3.24. The predicted molar refractivity (Wildman–Crippen MR) is 134 cm³/mol. The Labute approximate surface area is 193 Å². The highest BCUT2D eigenvalue weighted by Gasteiger charge is 2.35. The van der Waals surface area contributed by atoms with Crippen LogP contribution in [0.4, 0.5) is 5.69 Å². The first-order valence-electron chi connectivity index (χ1n) is 11.5. The van der Waals surface area contributed by atoms with Crippen LogP contribution in [0.15, 0.2) is 41.7 Å². The maximum atomic E-state index is 8.86. The third-order valence-corrected chi connectivity index (χ3v) is 6.61. The van der Waals surface area contributed by atoms with Gasteiger partial charge in [-0.15, -0.1) is 0 Å². The van der Waals surface area contributed by atoms with Gasteiger partial charge in [-0.3, -0.25) is 15.4 Å². The van der Waals surface area contributed by atoms with Crippen LogP contribution in [0.5, 0.6) is 0 Å². The van der Waals surface area contributed by atoms with Gasteiger partial charge in [-0.1, -0.05) is 44.3 Å². The number of likely N-dealkylation sites (N-methyl/N-ethyl adjacent to an activating group) is 1. The molecule has 3 rings (SSSR count). The van der Waals surface area contributed by atoms with Gasteiger partial charge in [-0.25, -0.2) is 0 Å². The molecule has 2 aliphatic rings. The van der Waals surface area contributed by atoms with Crippen LogP contribution >= 0.6 is 12.2 Å². The van der Waals surface area contributed by atoms with E-state index in [1.807, 2.05) is 47.4 Å². The summed E-state index contributed by atoms with van der Waals surface area (Å²) in [6.45, 7) is 12.8. The number of piperidine rings is 1. The zero-order valence-corrected chi connectivity index (χ0v) is 20.4. The lowest BCUT2D eigenvalue weighted by atomic mass is 9.96. The maximum Gasteiger partial charge on any atom is 0.153 e. The number of hydrazine groups is 1. The van der Waals surface area contributed by atoms with E-state index in [4.69, 9.17) is 17.6 Å². The summed E-state index contributed by atoms with van der Waals surface area (Å²) in [5, 5.41) is 19.9. The van der Waals surface area contributed by atoms with Gasteiger partial charge in [0.2, 0.25) is 0 Å². The van der Waals surface area contributed by atoms with Crippen LogP contribution in [0, 0.1) is 17.2 Å². The van der Waals surface area contributed by atoms with Crippen molar-refractivity contribution in [3.63, 3.8) is 0 Å². The van der Waals surface area contributed by atoms with Gasteiger partial charge in [0, 0.05) is 31.9 Å². The molecule has 2 heterocycles. The number of hydrogen-bond donors (Lipinski definition) is 3. The van der Waals surface area contributed by atoms with E-state index in [-0.39, 0.29) is 0 Å². The second-order valence-electron chi connectivity index (χ2n) is 9.35. The molecule has 6 nitrogen and oxygen atoms in total. The number of thiocarbonyl (C=S) groups is 1. The first kappa shape index (κ1) is 23.5. The van der Waals surface area contributed by atoms with E-state index >= 15 is 0 Å². The number of hydrogen-bond acceptors (Lipinski definition) is 5. The Morgan fingerprint density at radius 2 is 1.77 bits per heavy atom. The summed E-state index contributed by atoms with van der Waals surface area (Å²) < 4.78 is 0. The molecule has 0 spiro atoms. The summed E-state index contributed by atoms with van der Waals surface area (Å²) in [6, 6.07) is 10.7. The number of nitrogens with one attached hydrogen (secondary N) is 3. The van der Waals surface area contributed by atoms with E-state index in [0.717, 1.165) is 43.3 Å². The van der Waals surface area contributed by atoms with Crippen molar-refractivity contribution in [3.05, 3.63) is 41.7 Å². The number of anilines is 1. The lowest BCUT2D eigenvalue weighted by molar-refractivity contribution is 0.149. The number of nitrogens with zero attached hydrogens (tertiary/aromatic N) is 3. The maximum absolute atomic E-state index is 8.86. The number of benzene rings is 1. The van der Waals surface area contributed by atoms with Gasteiger partial charge in [0.25, 0.3) is 0 Å². The second kappa shape index (κ2) is 10.5. The van der Waals surface area contributed by atoms with Crippen LogP contribution < -0.4 is 10.6 Å². The first-order valence-corrected chi connectivity index (χ1v) is 11.9. The standard InChI is InChI=1S/C24H38N6S/c1-17(2)16-30-22(25)21(24(31)28(30)5)23(27-20-9-7-6-8-10-20)26-15-19-11-13-29(14-12-19)18(3)4/h6-10,17-19,25-27H,11-16H2,1-5H3/b23-21-,25-22?. The molecule has 3 N–H and O–H groups in total. The minimum absolute atomic E-state index is 0.439. The molecule has 1 aromatic rings. The van der Waals surface area contributed by atoms with Crippen molar-refractivity contribution in [2.45, 2.75) is 46.6 Å². The molecule has 2 aliphatic heterocycles. The van der Waals surface area contributed by atoms with Gasteiger partial charge >= 0.3 is 0 Å². The lowest BCUT2D eigenvalue weighted by Crippen LogP contribution is -2.41. The van der Waals surface area contributed by atoms with Crippen molar-refractivity contribution in [2.75, 3.05) is 38.5 Å². The van der Waals surface area contributed by atoms with Crippen molar-refractivity contribution < 1.29 is 0 Å². The Balaban J connectivity index is 1.80. The molecule has 0 aromatic heterocycles. The Morgan fingerprint density at radius 1 is 1.13 bits per heavy atom. The van der Waals surface area contributed by atoms with Crippen molar-refractivity contribution in [1.82, 2.24) is 20.2 Å². The van der Waals surface area contributed by atoms with Crippen LogP contribution in [-0.2, 0) is 0 Å². The highest BCUT2D eigenvalue weighted by atomic mass is 32.1. The molecule has 0 amide bonds. The average Bonchev–Trinajstić information content (AvgIpc) is 2.95. The fraction of sp³-hybridized carbons (Fsp3) is 0.583. The van der Waals surface area contributed by atoms with Gasteiger partial charge in [0.05, 0.1) is 5.57 Å². The smallest absolute Gasteiger partial charge is 0.153 e. The fourth-order valence-corrected chi connectivity index (χ4v) is 4.51. The zero-order valence-electron chi connectivity index (χ0n) is 19.6. The van der Waals surface area contributed by atoms with Crippen molar-refractivity contribution in [2.24, 2.45) is 11.8 Å². The average molecular weight is 443 g/mol. The first-order chi connectivity index (χ1) is 14.8. The highest BCUT2D eigenvalue weighted by molar-refractivity contribution is 7.80. The van der Waals surface area contributed by atoms with Gasteiger partial charge in [0.1, 0.15) is 10.8 Å². The van der Waals surface area contributed by atoms with Crippen LogP contribution in [0.3, 0.4) is 0 Å². The molecule has 0 unspecified atom stereocenters. The summed E-state index contributed by atoms with van der Waals surface area (Å²) in [5.41, 5.74) is 1.77.